The van der Waals surface area contributed by atoms with Gasteiger partial charge in [0.05, 0.1) is 7.11 Å². The fourth-order valence-electron chi connectivity index (χ4n) is 1.89. The molecular formula is C14H17NO5. The summed E-state index contributed by atoms with van der Waals surface area (Å²) in [5.74, 6) is -0.243. The van der Waals surface area contributed by atoms with Crippen molar-refractivity contribution in [2.75, 3.05) is 25.6 Å². The molecule has 0 radical (unpaired) electrons. The Labute approximate surface area is 117 Å². The molecule has 20 heavy (non-hydrogen) atoms. The van der Waals surface area contributed by atoms with E-state index in [9.17, 15) is 9.59 Å². The summed E-state index contributed by atoms with van der Waals surface area (Å²) in [5, 5.41) is 2.63. The number of carbonyl (C=O) groups excluding carboxylic acids is 2. The van der Waals surface area contributed by atoms with Crippen molar-refractivity contribution in [3.63, 3.8) is 0 Å². The third-order valence-electron chi connectivity index (χ3n) is 2.89. The molecule has 2 rings (SSSR count). The number of ether oxygens (including phenoxy) is 3. The summed E-state index contributed by atoms with van der Waals surface area (Å²) in [7, 11) is 1.55. The van der Waals surface area contributed by atoms with Crippen molar-refractivity contribution in [3.8, 4) is 5.75 Å². The fraction of sp³-hybridized carbons (Fsp3) is 0.429. The number of amides is 1. The smallest absolute Gasteiger partial charge is 0.335 e. The molecule has 0 saturated carbocycles. The Hall–Kier alpha value is -2.08. The van der Waals surface area contributed by atoms with Crippen molar-refractivity contribution in [1.82, 2.24) is 0 Å². The van der Waals surface area contributed by atoms with Gasteiger partial charge in [-0.15, -0.1) is 0 Å². The van der Waals surface area contributed by atoms with Gasteiger partial charge < -0.3 is 19.5 Å². The Morgan fingerprint density at radius 1 is 1.45 bits per heavy atom. The third-order valence-corrected chi connectivity index (χ3v) is 2.89. The van der Waals surface area contributed by atoms with Crippen LogP contribution < -0.4 is 10.1 Å². The number of methoxy groups -OCH3 is 1. The van der Waals surface area contributed by atoms with Gasteiger partial charge in [0.1, 0.15) is 5.75 Å². The largest absolute Gasteiger partial charge is 0.497 e. The first-order valence-electron chi connectivity index (χ1n) is 6.41. The quantitative estimate of drug-likeness (QED) is 0.824. The molecule has 0 unspecified atom stereocenters. The van der Waals surface area contributed by atoms with Gasteiger partial charge in [0, 0.05) is 18.4 Å². The van der Waals surface area contributed by atoms with Gasteiger partial charge >= 0.3 is 5.97 Å². The predicted molar refractivity (Wildman–Crippen MR) is 71.6 cm³/mol. The molecule has 6 nitrogen and oxygen atoms in total. The van der Waals surface area contributed by atoms with Crippen molar-refractivity contribution in [3.05, 3.63) is 24.3 Å². The van der Waals surface area contributed by atoms with Gasteiger partial charge in [-0.05, 0) is 25.0 Å². The van der Waals surface area contributed by atoms with Crippen LogP contribution in [-0.4, -0.2) is 38.3 Å². The van der Waals surface area contributed by atoms with Crippen LogP contribution in [0.15, 0.2) is 24.3 Å². The number of benzene rings is 1. The van der Waals surface area contributed by atoms with Gasteiger partial charge in [0.15, 0.2) is 12.7 Å². The Morgan fingerprint density at radius 3 is 3.00 bits per heavy atom. The Kier molecular flexibility index (Phi) is 4.95. The highest BCUT2D eigenvalue weighted by molar-refractivity contribution is 5.93. The van der Waals surface area contributed by atoms with Gasteiger partial charge in [-0.1, -0.05) is 6.07 Å². The van der Waals surface area contributed by atoms with E-state index in [4.69, 9.17) is 14.2 Å². The second-order valence-corrected chi connectivity index (χ2v) is 4.39. The first-order chi connectivity index (χ1) is 9.69. The summed E-state index contributed by atoms with van der Waals surface area (Å²) < 4.78 is 15.1. The van der Waals surface area contributed by atoms with E-state index in [1.54, 1.807) is 31.4 Å². The highest BCUT2D eigenvalue weighted by atomic mass is 16.6. The zero-order valence-corrected chi connectivity index (χ0v) is 11.3. The number of esters is 1. The van der Waals surface area contributed by atoms with Crippen LogP contribution in [0.3, 0.4) is 0 Å². The molecule has 1 amide bonds. The maximum atomic E-state index is 11.7. The van der Waals surface area contributed by atoms with Crippen LogP contribution >= 0.6 is 0 Å². The SMILES string of the molecule is COc1cccc(NC(=O)COC(=O)[C@H]2CCCO2)c1. The average Bonchev–Trinajstić information content (AvgIpc) is 2.99. The minimum Gasteiger partial charge on any atom is -0.497 e. The molecule has 108 valence electrons. The van der Waals surface area contributed by atoms with Crippen molar-refractivity contribution in [2.45, 2.75) is 18.9 Å². The van der Waals surface area contributed by atoms with Crippen LogP contribution in [0.25, 0.3) is 0 Å². The zero-order valence-electron chi connectivity index (χ0n) is 11.3. The van der Waals surface area contributed by atoms with Gasteiger partial charge in [-0.25, -0.2) is 4.79 Å². The lowest BCUT2D eigenvalue weighted by molar-refractivity contribution is -0.156. The zero-order chi connectivity index (χ0) is 14.4. The van der Waals surface area contributed by atoms with Crippen LogP contribution in [0, 0.1) is 0 Å². The van der Waals surface area contributed by atoms with E-state index >= 15 is 0 Å². The monoisotopic (exact) mass is 279 g/mol. The van der Waals surface area contributed by atoms with Crippen LogP contribution in [-0.2, 0) is 19.1 Å². The lowest BCUT2D eigenvalue weighted by atomic mass is 10.2. The van der Waals surface area contributed by atoms with Crippen LogP contribution in [0.4, 0.5) is 5.69 Å². The summed E-state index contributed by atoms with van der Waals surface area (Å²) >= 11 is 0. The molecule has 0 aromatic heterocycles. The average molecular weight is 279 g/mol. The Bertz CT molecular complexity index is 482. The van der Waals surface area contributed by atoms with Crippen LogP contribution in [0.2, 0.25) is 0 Å². The Morgan fingerprint density at radius 2 is 2.30 bits per heavy atom. The van der Waals surface area contributed by atoms with Crippen molar-refractivity contribution >= 4 is 17.6 Å². The molecule has 0 spiro atoms. The maximum absolute atomic E-state index is 11.7. The first kappa shape index (κ1) is 14.3. The molecule has 1 saturated heterocycles. The molecule has 1 aromatic carbocycles. The van der Waals surface area contributed by atoms with Crippen molar-refractivity contribution in [2.24, 2.45) is 0 Å². The summed E-state index contributed by atoms with van der Waals surface area (Å²) in [6, 6.07) is 6.93. The number of carbonyl (C=O) groups is 2. The van der Waals surface area contributed by atoms with E-state index in [0.29, 0.717) is 24.5 Å². The van der Waals surface area contributed by atoms with Crippen molar-refractivity contribution < 1.29 is 23.8 Å². The van der Waals surface area contributed by atoms with Crippen LogP contribution in [0.5, 0.6) is 5.75 Å². The number of rotatable bonds is 5. The number of hydrogen-bond acceptors (Lipinski definition) is 5. The fourth-order valence-corrected chi connectivity index (χ4v) is 1.89. The number of nitrogens with one attached hydrogen (secondary N) is 1. The van der Waals surface area contributed by atoms with Gasteiger partial charge in [0.25, 0.3) is 5.91 Å². The number of hydrogen-bond donors (Lipinski definition) is 1. The lowest BCUT2D eigenvalue weighted by Crippen LogP contribution is -2.27. The van der Waals surface area contributed by atoms with Crippen LogP contribution in [0.1, 0.15) is 12.8 Å². The molecule has 1 heterocycles. The van der Waals surface area contributed by atoms with Gasteiger partial charge in [0.2, 0.25) is 0 Å². The predicted octanol–water partition coefficient (Wildman–Crippen LogP) is 1.36. The summed E-state index contributed by atoms with van der Waals surface area (Å²) in [6.45, 7) is 0.242. The molecule has 1 aliphatic rings. The minimum atomic E-state index is -0.528. The molecule has 0 bridgehead atoms. The lowest BCUT2D eigenvalue weighted by Gasteiger charge is -2.10. The molecule has 1 aliphatic heterocycles. The molecule has 1 atom stereocenters. The molecule has 6 heteroatoms. The second-order valence-electron chi connectivity index (χ2n) is 4.39. The normalized spacial score (nSPS) is 17.6. The van der Waals surface area contributed by atoms with E-state index in [-0.39, 0.29) is 6.61 Å². The second kappa shape index (κ2) is 6.91. The van der Waals surface area contributed by atoms with Crippen molar-refractivity contribution in [1.29, 1.82) is 0 Å². The van der Waals surface area contributed by atoms with E-state index in [0.717, 1.165) is 6.42 Å². The highest BCUT2D eigenvalue weighted by Gasteiger charge is 2.25. The minimum absolute atomic E-state index is 0.324. The van der Waals surface area contributed by atoms with Gasteiger partial charge in [-0.3, -0.25) is 4.79 Å². The molecule has 1 N–H and O–H groups in total. The van der Waals surface area contributed by atoms with Gasteiger partial charge in [-0.2, -0.15) is 0 Å². The maximum Gasteiger partial charge on any atom is 0.335 e. The summed E-state index contributed by atoms with van der Waals surface area (Å²) in [5.41, 5.74) is 0.586. The molecule has 1 aromatic rings. The Balaban J connectivity index is 1.78. The standard InChI is InChI=1S/C14H17NO5/c1-18-11-5-2-4-10(8-11)15-13(16)9-20-14(17)12-6-3-7-19-12/h2,4-5,8,12H,3,6-7,9H2,1H3,(H,15,16)/t12-/m1/s1. The highest BCUT2D eigenvalue weighted by Crippen LogP contribution is 2.17. The van der Waals surface area contributed by atoms with E-state index < -0.39 is 18.0 Å². The topological polar surface area (TPSA) is 73.9 Å². The molecule has 1 fully saturated rings. The summed E-state index contributed by atoms with van der Waals surface area (Å²) in [4.78, 5) is 23.2. The number of anilines is 1. The first-order valence-corrected chi connectivity index (χ1v) is 6.41. The third kappa shape index (κ3) is 3.96. The molecular weight excluding hydrogens is 262 g/mol. The van der Waals surface area contributed by atoms with E-state index in [1.807, 2.05) is 0 Å². The van der Waals surface area contributed by atoms with E-state index in [1.165, 1.54) is 0 Å². The molecule has 0 aliphatic carbocycles. The van der Waals surface area contributed by atoms with E-state index in [2.05, 4.69) is 5.32 Å². The summed E-state index contributed by atoms with van der Waals surface area (Å²) in [6.07, 6.45) is 0.964.